The lowest BCUT2D eigenvalue weighted by Gasteiger charge is -2.29. The zero-order valence-corrected chi connectivity index (χ0v) is 10.4. The highest BCUT2D eigenvalue weighted by atomic mass is 16.3. The molecular weight excluding hydrogens is 198 g/mol. The molecule has 0 amide bonds. The first-order chi connectivity index (χ1) is 7.52. The van der Waals surface area contributed by atoms with E-state index in [1.54, 1.807) is 0 Å². The smallest absolute Gasteiger partial charge is 0.0558 e. The van der Waals surface area contributed by atoms with Crippen molar-refractivity contribution in [3.8, 4) is 0 Å². The molecule has 0 spiro atoms. The molecule has 1 aromatic carbocycles. The quantitative estimate of drug-likeness (QED) is 0.800. The first-order valence-electron chi connectivity index (χ1n) is 6.00. The lowest BCUT2D eigenvalue weighted by Crippen LogP contribution is -2.41. The second kappa shape index (κ2) is 6.02. The summed E-state index contributed by atoms with van der Waals surface area (Å²) in [4.78, 5) is 0. The number of rotatable bonds is 5. The molecule has 0 aliphatic carbocycles. The van der Waals surface area contributed by atoms with Crippen molar-refractivity contribution in [3.63, 3.8) is 0 Å². The van der Waals surface area contributed by atoms with Gasteiger partial charge in [0, 0.05) is 12.0 Å². The topological polar surface area (TPSA) is 46.2 Å². The highest BCUT2D eigenvalue weighted by Gasteiger charge is 2.25. The molecule has 3 N–H and O–H groups in total. The predicted molar refractivity (Wildman–Crippen MR) is 68.1 cm³/mol. The third-order valence-electron chi connectivity index (χ3n) is 3.20. The number of benzene rings is 1. The van der Waals surface area contributed by atoms with Crippen molar-refractivity contribution in [2.75, 3.05) is 0 Å². The number of hydrogen-bond acceptors (Lipinski definition) is 2. The van der Waals surface area contributed by atoms with E-state index in [1.165, 1.54) is 5.56 Å². The van der Waals surface area contributed by atoms with Gasteiger partial charge in [-0.15, -0.1) is 0 Å². The van der Waals surface area contributed by atoms with E-state index in [-0.39, 0.29) is 18.1 Å². The van der Waals surface area contributed by atoms with Gasteiger partial charge in [-0.1, -0.05) is 44.2 Å². The van der Waals surface area contributed by atoms with E-state index in [9.17, 15) is 5.11 Å². The van der Waals surface area contributed by atoms with Crippen molar-refractivity contribution in [1.29, 1.82) is 0 Å². The maximum atomic E-state index is 9.81. The Kier molecular flexibility index (Phi) is 4.97. The van der Waals surface area contributed by atoms with E-state index in [0.29, 0.717) is 5.92 Å². The minimum Gasteiger partial charge on any atom is -0.393 e. The third kappa shape index (κ3) is 3.62. The van der Waals surface area contributed by atoms with Crippen LogP contribution in [0, 0.1) is 11.8 Å². The summed E-state index contributed by atoms with van der Waals surface area (Å²) in [5.74, 6) is 0.519. The van der Waals surface area contributed by atoms with Gasteiger partial charge in [-0.3, -0.25) is 0 Å². The molecule has 0 radical (unpaired) electrons. The summed E-state index contributed by atoms with van der Waals surface area (Å²) in [6, 6.07) is 10.3. The van der Waals surface area contributed by atoms with Crippen LogP contribution in [0.5, 0.6) is 0 Å². The van der Waals surface area contributed by atoms with Crippen LogP contribution in [0.2, 0.25) is 0 Å². The number of nitrogens with two attached hydrogens (primary N) is 1. The average molecular weight is 221 g/mol. The fourth-order valence-electron chi connectivity index (χ4n) is 2.01. The molecule has 2 unspecified atom stereocenters. The molecule has 0 aliphatic rings. The van der Waals surface area contributed by atoms with E-state index in [4.69, 9.17) is 5.73 Å². The summed E-state index contributed by atoms with van der Waals surface area (Å²) < 4.78 is 0. The normalized spacial score (nSPS) is 17.1. The Bertz CT molecular complexity index is 295. The minimum atomic E-state index is -0.363. The summed E-state index contributed by atoms with van der Waals surface area (Å²) in [6.07, 6.45) is 0.482. The molecule has 1 aromatic rings. The maximum absolute atomic E-state index is 9.81. The van der Waals surface area contributed by atoms with Gasteiger partial charge in [0.15, 0.2) is 0 Å². The Hall–Kier alpha value is -0.860. The van der Waals surface area contributed by atoms with Gasteiger partial charge in [0.1, 0.15) is 0 Å². The fourth-order valence-corrected chi connectivity index (χ4v) is 2.01. The van der Waals surface area contributed by atoms with Crippen LogP contribution in [0.3, 0.4) is 0 Å². The zero-order chi connectivity index (χ0) is 12.1. The summed E-state index contributed by atoms with van der Waals surface area (Å²) in [5, 5.41) is 9.81. The van der Waals surface area contributed by atoms with Gasteiger partial charge in [-0.25, -0.2) is 0 Å². The van der Waals surface area contributed by atoms with Crippen molar-refractivity contribution in [2.45, 2.75) is 39.3 Å². The highest BCUT2D eigenvalue weighted by molar-refractivity contribution is 5.16. The Morgan fingerprint density at radius 3 is 2.12 bits per heavy atom. The molecule has 2 heteroatoms. The van der Waals surface area contributed by atoms with Crippen molar-refractivity contribution >= 4 is 0 Å². The fraction of sp³-hybridized carbons (Fsp3) is 0.571. The van der Waals surface area contributed by atoms with Crippen LogP contribution in [0.15, 0.2) is 30.3 Å². The highest BCUT2D eigenvalue weighted by Crippen LogP contribution is 2.19. The van der Waals surface area contributed by atoms with Gasteiger partial charge in [0.25, 0.3) is 0 Å². The molecule has 90 valence electrons. The Labute approximate surface area is 98.5 Å². The molecule has 16 heavy (non-hydrogen) atoms. The van der Waals surface area contributed by atoms with Gasteiger partial charge >= 0.3 is 0 Å². The van der Waals surface area contributed by atoms with E-state index in [1.807, 2.05) is 25.1 Å². The van der Waals surface area contributed by atoms with E-state index in [2.05, 4.69) is 26.0 Å². The molecule has 0 saturated heterocycles. The molecule has 0 aromatic heterocycles. The molecule has 0 heterocycles. The van der Waals surface area contributed by atoms with E-state index >= 15 is 0 Å². The Balaban J connectivity index is 2.73. The second-order valence-corrected chi connectivity index (χ2v) is 4.92. The van der Waals surface area contributed by atoms with Crippen LogP contribution in [0.4, 0.5) is 0 Å². The van der Waals surface area contributed by atoms with Crippen LogP contribution in [0.25, 0.3) is 0 Å². The lowest BCUT2D eigenvalue weighted by atomic mass is 9.83. The number of hydrogen-bond donors (Lipinski definition) is 2. The maximum Gasteiger partial charge on any atom is 0.0558 e. The Morgan fingerprint density at radius 2 is 1.69 bits per heavy atom. The largest absolute Gasteiger partial charge is 0.393 e. The van der Waals surface area contributed by atoms with E-state index in [0.717, 1.165) is 6.42 Å². The van der Waals surface area contributed by atoms with Crippen LogP contribution in [-0.2, 0) is 6.42 Å². The van der Waals surface area contributed by atoms with Gasteiger partial charge in [-0.2, -0.15) is 0 Å². The molecule has 2 nitrogen and oxygen atoms in total. The van der Waals surface area contributed by atoms with Crippen molar-refractivity contribution in [2.24, 2.45) is 17.6 Å². The first kappa shape index (κ1) is 13.2. The van der Waals surface area contributed by atoms with Gasteiger partial charge in [0.2, 0.25) is 0 Å². The summed E-state index contributed by atoms with van der Waals surface area (Å²) in [5.41, 5.74) is 7.39. The van der Waals surface area contributed by atoms with Crippen molar-refractivity contribution in [1.82, 2.24) is 0 Å². The zero-order valence-electron chi connectivity index (χ0n) is 10.4. The molecule has 0 fully saturated rings. The van der Waals surface area contributed by atoms with Gasteiger partial charge in [-0.05, 0) is 24.8 Å². The minimum absolute atomic E-state index is 0.0419. The molecule has 1 rings (SSSR count). The second-order valence-electron chi connectivity index (χ2n) is 4.92. The first-order valence-corrected chi connectivity index (χ1v) is 6.00. The molecule has 0 bridgehead atoms. The molecule has 3 atom stereocenters. The van der Waals surface area contributed by atoms with Crippen molar-refractivity contribution < 1.29 is 5.11 Å². The SMILES string of the molecule is CC(C)C(N)C(Cc1ccccc1)[C@H](C)O. The number of aliphatic hydroxyl groups excluding tert-OH is 1. The summed E-state index contributed by atoms with van der Waals surface area (Å²) >= 11 is 0. The monoisotopic (exact) mass is 221 g/mol. The molecule has 0 saturated carbocycles. The van der Waals surface area contributed by atoms with E-state index < -0.39 is 0 Å². The van der Waals surface area contributed by atoms with Gasteiger partial charge < -0.3 is 10.8 Å². The summed E-state index contributed by atoms with van der Waals surface area (Å²) in [6.45, 7) is 6.03. The Morgan fingerprint density at radius 1 is 1.12 bits per heavy atom. The molecular formula is C14H23NO. The molecule has 0 aliphatic heterocycles. The predicted octanol–water partition coefficient (Wildman–Crippen LogP) is 2.21. The van der Waals surface area contributed by atoms with Crippen LogP contribution < -0.4 is 5.73 Å². The van der Waals surface area contributed by atoms with Crippen molar-refractivity contribution in [3.05, 3.63) is 35.9 Å². The third-order valence-corrected chi connectivity index (χ3v) is 3.20. The lowest BCUT2D eigenvalue weighted by molar-refractivity contribution is 0.0978. The number of aliphatic hydroxyl groups is 1. The van der Waals surface area contributed by atoms with Gasteiger partial charge in [0.05, 0.1) is 6.10 Å². The standard InChI is InChI=1S/C14H23NO/c1-10(2)14(15)13(11(3)16)9-12-7-5-4-6-8-12/h4-8,10-11,13-14,16H,9,15H2,1-3H3/t11-,13?,14?/m0/s1. The average Bonchev–Trinajstić information content (AvgIpc) is 2.26. The van der Waals surface area contributed by atoms with Crippen LogP contribution in [-0.4, -0.2) is 17.3 Å². The van der Waals surface area contributed by atoms with Crippen LogP contribution >= 0.6 is 0 Å². The van der Waals surface area contributed by atoms with Crippen LogP contribution in [0.1, 0.15) is 26.3 Å². The summed E-state index contributed by atoms with van der Waals surface area (Å²) in [7, 11) is 0.